The highest BCUT2D eigenvalue weighted by molar-refractivity contribution is 6.42. The highest BCUT2D eigenvalue weighted by Gasteiger charge is 2.13. The Hall–Kier alpha value is -2.99. The van der Waals surface area contributed by atoms with Crippen LogP contribution in [0.3, 0.4) is 0 Å². The Morgan fingerprint density at radius 2 is 1.79 bits per heavy atom. The van der Waals surface area contributed by atoms with Gasteiger partial charge in [0.1, 0.15) is 6.61 Å². The number of methoxy groups -OCH3 is 1. The number of hydrogen-bond donors (Lipinski definition) is 0. The topological polar surface area (TPSA) is 48.0 Å². The molecular formula is C27H25Cl2NO4. The summed E-state index contributed by atoms with van der Waals surface area (Å²) in [6, 6.07) is 18.5. The summed E-state index contributed by atoms with van der Waals surface area (Å²) in [5.41, 5.74) is 3.31. The maximum absolute atomic E-state index is 12.8. The van der Waals surface area contributed by atoms with Gasteiger partial charge in [-0.1, -0.05) is 41.4 Å². The summed E-state index contributed by atoms with van der Waals surface area (Å²) >= 11 is 12.1. The minimum Gasteiger partial charge on any atom is -0.493 e. The van der Waals surface area contributed by atoms with E-state index in [2.05, 4.69) is 4.90 Å². The molecule has 0 bridgehead atoms. The number of para-hydroxylation sites is 1. The Kier molecular flexibility index (Phi) is 8.12. The van der Waals surface area contributed by atoms with Gasteiger partial charge in [-0.25, -0.2) is 0 Å². The number of ketones is 1. The van der Waals surface area contributed by atoms with Gasteiger partial charge in [0.25, 0.3) is 0 Å². The molecule has 176 valence electrons. The first-order valence-corrected chi connectivity index (χ1v) is 11.7. The molecule has 0 spiro atoms. The number of anilines is 1. The third-order valence-corrected chi connectivity index (χ3v) is 6.28. The van der Waals surface area contributed by atoms with Crippen molar-refractivity contribution >= 4 is 40.7 Å². The lowest BCUT2D eigenvalue weighted by Gasteiger charge is -2.28. The number of benzene rings is 3. The Morgan fingerprint density at radius 1 is 1.03 bits per heavy atom. The molecule has 0 unspecified atom stereocenters. The van der Waals surface area contributed by atoms with Crippen LogP contribution in [0.1, 0.15) is 21.5 Å². The average molecular weight is 498 g/mol. The van der Waals surface area contributed by atoms with Crippen molar-refractivity contribution in [1.29, 1.82) is 0 Å². The highest BCUT2D eigenvalue weighted by Crippen LogP contribution is 2.33. The first-order valence-electron chi connectivity index (χ1n) is 10.9. The number of nitrogens with zero attached hydrogens (tertiary/aromatic N) is 1. The highest BCUT2D eigenvalue weighted by atomic mass is 35.5. The smallest absolute Gasteiger partial charge is 0.185 e. The van der Waals surface area contributed by atoms with E-state index in [9.17, 15) is 4.79 Å². The van der Waals surface area contributed by atoms with Crippen LogP contribution in [0.25, 0.3) is 6.08 Å². The lowest BCUT2D eigenvalue weighted by atomic mass is 10.1. The van der Waals surface area contributed by atoms with Gasteiger partial charge in [0, 0.05) is 29.9 Å². The number of hydrogen-bond acceptors (Lipinski definition) is 5. The van der Waals surface area contributed by atoms with Crippen LogP contribution in [0.5, 0.6) is 11.5 Å². The molecule has 1 aliphatic heterocycles. The van der Waals surface area contributed by atoms with E-state index >= 15 is 0 Å². The van der Waals surface area contributed by atoms with Gasteiger partial charge in [0.15, 0.2) is 17.3 Å². The quantitative estimate of drug-likeness (QED) is 0.269. The molecule has 0 atom stereocenters. The maximum atomic E-state index is 12.8. The molecule has 3 aromatic rings. The second-order valence-electron chi connectivity index (χ2n) is 7.76. The van der Waals surface area contributed by atoms with E-state index in [1.165, 1.54) is 0 Å². The first kappa shape index (κ1) is 24.1. The van der Waals surface area contributed by atoms with Crippen molar-refractivity contribution < 1.29 is 19.0 Å². The van der Waals surface area contributed by atoms with E-state index in [-0.39, 0.29) is 12.4 Å². The molecular weight excluding hydrogens is 473 g/mol. The summed E-state index contributed by atoms with van der Waals surface area (Å²) in [6.45, 7) is 3.43. The molecule has 1 heterocycles. The minimum absolute atomic E-state index is 0.0909. The molecule has 1 aliphatic rings. The van der Waals surface area contributed by atoms with Crippen LogP contribution in [0, 0.1) is 0 Å². The number of allylic oxidation sites excluding steroid dienone is 1. The Morgan fingerprint density at radius 3 is 2.50 bits per heavy atom. The number of morpholine rings is 1. The normalized spacial score (nSPS) is 13.8. The molecule has 4 rings (SSSR count). The van der Waals surface area contributed by atoms with Gasteiger partial charge in [-0.15, -0.1) is 0 Å². The minimum atomic E-state index is -0.0909. The molecule has 1 fully saturated rings. The van der Waals surface area contributed by atoms with E-state index in [4.69, 9.17) is 37.4 Å². The van der Waals surface area contributed by atoms with E-state index < -0.39 is 0 Å². The number of halogens is 2. The van der Waals surface area contributed by atoms with Crippen LogP contribution in [0.15, 0.2) is 66.7 Å². The van der Waals surface area contributed by atoms with Crippen molar-refractivity contribution in [3.05, 3.63) is 93.5 Å². The second-order valence-corrected chi connectivity index (χ2v) is 8.57. The standard InChI is InChI=1S/C27H25Cl2NO4/c1-32-26-4-2-3-21(27(26)34-18-19-5-11-23(28)24(29)17-19)8-12-25(31)20-6-9-22(10-7-20)30-13-15-33-16-14-30/h2-12,17H,13-16,18H2,1H3/b12-8+. The molecule has 0 radical (unpaired) electrons. The molecule has 5 nitrogen and oxygen atoms in total. The van der Waals surface area contributed by atoms with Gasteiger partial charge < -0.3 is 19.1 Å². The third-order valence-electron chi connectivity index (χ3n) is 5.54. The van der Waals surface area contributed by atoms with Crippen molar-refractivity contribution in [1.82, 2.24) is 0 Å². The summed E-state index contributed by atoms with van der Waals surface area (Å²) in [7, 11) is 1.58. The fourth-order valence-electron chi connectivity index (χ4n) is 3.68. The van der Waals surface area contributed by atoms with E-state index in [1.807, 2.05) is 48.5 Å². The van der Waals surface area contributed by atoms with Crippen molar-refractivity contribution in [2.75, 3.05) is 38.3 Å². The summed E-state index contributed by atoms with van der Waals surface area (Å²) in [6.07, 6.45) is 3.29. The number of ether oxygens (including phenoxy) is 3. The Bertz CT molecular complexity index is 1170. The molecule has 0 saturated carbocycles. The summed E-state index contributed by atoms with van der Waals surface area (Å²) in [4.78, 5) is 15.1. The molecule has 0 aromatic heterocycles. The zero-order chi connectivity index (χ0) is 23.9. The SMILES string of the molecule is COc1cccc(/C=C/C(=O)c2ccc(N3CCOCC3)cc2)c1OCc1ccc(Cl)c(Cl)c1. The van der Waals surface area contributed by atoms with Gasteiger partial charge in [-0.2, -0.15) is 0 Å². The zero-order valence-electron chi connectivity index (χ0n) is 18.8. The fraction of sp³-hybridized carbons (Fsp3) is 0.222. The largest absolute Gasteiger partial charge is 0.493 e. The van der Waals surface area contributed by atoms with Crippen molar-refractivity contribution in [3.63, 3.8) is 0 Å². The predicted molar refractivity (Wildman–Crippen MR) is 137 cm³/mol. The van der Waals surface area contributed by atoms with Crippen LogP contribution in [-0.2, 0) is 11.3 Å². The van der Waals surface area contributed by atoms with Gasteiger partial charge in [0.05, 0.1) is 30.4 Å². The fourth-order valence-corrected chi connectivity index (χ4v) is 4.00. The van der Waals surface area contributed by atoms with E-state index in [0.29, 0.717) is 27.1 Å². The van der Waals surface area contributed by atoms with Gasteiger partial charge in [0.2, 0.25) is 0 Å². The summed E-state index contributed by atoms with van der Waals surface area (Å²) in [5, 5.41) is 0.955. The average Bonchev–Trinajstić information content (AvgIpc) is 2.88. The summed E-state index contributed by atoms with van der Waals surface area (Å²) < 4.78 is 16.9. The number of carbonyl (C=O) groups is 1. The monoisotopic (exact) mass is 497 g/mol. The molecule has 3 aromatic carbocycles. The van der Waals surface area contributed by atoms with Gasteiger partial charge in [-0.3, -0.25) is 4.79 Å². The number of rotatable bonds is 8. The molecule has 34 heavy (non-hydrogen) atoms. The summed E-state index contributed by atoms with van der Waals surface area (Å²) in [5.74, 6) is 1.03. The molecule has 1 saturated heterocycles. The lowest BCUT2D eigenvalue weighted by Crippen LogP contribution is -2.36. The van der Waals surface area contributed by atoms with Crippen LogP contribution in [0.4, 0.5) is 5.69 Å². The van der Waals surface area contributed by atoms with Crippen LogP contribution in [0.2, 0.25) is 10.0 Å². The van der Waals surface area contributed by atoms with Crippen molar-refractivity contribution in [2.45, 2.75) is 6.61 Å². The van der Waals surface area contributed by atoms with Crippen LogP contribution in [-0.4, -0.2) is 39.2 Å². The van der Waals surface area contributed by atoms with E-state index in [0.717, 1.165) is 43.1 Å². The van der Waals surface area contributed by atoms with Crippen molar-refractivity contribution in [3.8, 4) is 11.5 Å². The number of carbonyl (C=O) groups excluding carboxylic acids is 1. The van der Waals surface area contributed by atoms with Crippen LogP contribution >= 0.6 is 23.2 Å². The van der Waals surface area contributed by atoms with Gasteiger partial charge >= 0.3 is 0 Å². The van der Waals surface area contributed by atoms with Crippen molar-refractivity contribution in [2.24, 2.45) is 0 Å². The third kappa shape index (κ3) is 5.92. The zero-order valence-corrected chi connectivity index (χ0v) is 20.3. The lowest BCUT2D eigenvalue weighted by molar-refractivity contribution is 0.104. The maximum Gasteiger partial charge on any atom is 0.185 e. The Balaban J connectivity index is 1.48. The molecule has 7 heteroatoms. The molecule has 0 N–H and O–H groups in total. The van der Waals surface area contributed by atoms with E-state index in [1.54, 1.807) is 31.4 Å². The second kappa shape index (κ2) is 11.4. The Labute approximate surface area is 209 Å². The molecule has 0 amide bonds. The first-order chi connectivity index (χ1) is 16.5. The van der Waals surface area contributed by atoms with Gasteiger partial charge in [-0.05, 0) is 60.2 Å². The predicted octanol–water partition coefficient (Wildman–Crippen LogP) is 6.31. The molecule has 0 aliphatic carbocycles. The van der Waals surface area contributed by atoms with Crippen LogP contribution < -0.4 is 14.4 Å².